The van der Waals surface area contributed by atoms with Crippen molar-refractivity contribution in [1.29, 1.82) is 0 Å². The van der Waals surface area contributed by atoms with Gasteiger partial charge in [0.25, 0.3) is 9.05 Å². The van der Waals surface area contributed by atoms with Crippen LogP contribution in [-0.2, 0) is 58.1 Å². The molecule has 0 spiro atoms. The highest BCUT2D eigenvalue weighted by atomic mass is 35.7. The number of aryl methyl sites for hydroxylation is 4. The van der Waals surface area contributed by atoms with Gasteiger partial charge in [0.15, 0.2) is 0 Å². The Hall–Kier alpha value is -6.43. The number of nitrogens with one attached hydrogen (secondary N) is 1. The first-order valence-corrected chi connectivity index (χ1v) is 23.3. The minimum Gasteiger partial charge on any atom is -0.330 e. The summed E-state index contributed by atoms with van der Waals surface area (Å²) in [7, 11) is -2.27. The van der Waals surface area contributed by atoms with E-state index in [0.29, 0.717) is 13.1 Å². The number of benzene rings is 4. The predicted molar refractivity (Wildman–Crippen MR) is 239 cm³/mol. The number of aromatic nitrogens is 6. The number of pyridine rings is 2. The molecule has 8 rings (SSSR count). The molecule has 0 aliphatic carbocycles. The molecule has 0 radical (unpaired) electrons. The Kier molecular flexibility index (Phi) is 16.2. The van der Waals surface area contributed by atoms with Gasteiger partial charge in [-0.05, 0) is 83.6 Å². The third-order valence-electron chi connectivity index (χ3n) is 9.65. The van der Waals surface area contributed by atoms with Gasteiger partial charge in [-0.1, -0.05) is 72.8 Å². The number of halogens is 3. The van der Waals surface area contributed by atoms with Gasteiger partial charge in [-0.2, -0.15) is 0 Å². The van der Waals surface area contributed by atoms with Crippen LogP contribution < -0.4 is 10.5 Å². The summed E-state index contributed by atoms with van der Waals surface area (Å²) in [6.07, 6.45) is 14.3. The average molecular weight is 909 g/mol. The number of nitrogens with zero attached hydrogens (tertiary/aromatic N) is 6. The second-order valence-corrected chi connectivity index (χ2v) is 18.2. The minimum absolute atomic E-state index is 0.0247. The van der Waals surface area contributed by atoms with Crippen LogP contribution >= 0.6 is 10.7 Å². The van der Waals surface area contributed by atoms with E-state index in [2.05, 4.69) is 35.3 Å². The van der Waals surface area contributed by atoms with E-state index in [1.807, 2.05) is 71.7 Å². The third kappa shape index (κ3) is 13.3. The van der Waals surface area contributed by atoms with Crippen molar-refractivity contribution >= 4 is 29.8 Å². The van der Waals surface area contributed by atoms with E-state index in [4.69, 9.17) is 16.4 Å². The summed E-state index contributed by atoms with van der Waals surface area (Å²) in [4.78, 5) is 16.1. The van der Waals surface area contributed by atoms with Gasteiger partial charge in [-0.3, -0.25) is 9.97 Å². The van der Waals surface area contributed by atoms with Crippen molar-refractivity contribution in [2.24, 2.45) is 5.73 Å². The molecule has 4 aromatic heterocycles. The zero-order valence-corrected chi connectivity index (χ0v) is 36.1. The van der Waals surface area contributed by atoms with E-state index in [0.717, 1.165) is 64.2 Å². The summed E-state index contributed by atoms with van der Waals surface area (Å²) >= 11 is 0. The Morgan fingerprint density at radius 3 is 1.46 bits per heavy atom. The molecule has 0 atom stereocenters. The van der Waals surface area contributed by atoms with E-state index >= 15 is 0 Å². The molecule has 63 heavy (non-hydrogen) atoms. The summed E-state index contributed by atoms with van der Waals surface area (Å²) < 4.78 is 79.1. The first kappa shape index (κ1) is 46.1. The van der Waals surface area contributed by atoms with Gasteiger partial charge in [0.1, 0.15) is 21.4 Å². The van der Waals surface area contributed by atoms with Crippen LogP contribution in [0.15, 0.2) is 181 Å². The molecule has 4 heterocycles. The highest BCUT2D eigenvalue weighted by Crippen LogP contribution is 2.26. The molecule has 0 amide bonds. The molecule has 0 saturated heterocycles. The lowest BCUT2D eigenvalue weighted by Crippen LogP contribution is -2.23. The topological polar surface area (TPSA) is 168 Å². The Bertz CT molecular complexity index is 2900. The number of sulfonamides is 1. The summed E-state index contributed by atoms with van der Waals surface area (Å²) in [5.74, 6) is -0.460. The molecule has 0 unspecified atom stereocenters. The molecule has 0 aliphatic rings. The molecule has 324 valence electrons. The standard InChI is InChI=1S/C23H21FN4O2S.C18H18FN3.C5H4ClNO2S/c24-20-9-7-18(8-10-20)11-13-28-17-26-16-23(28)22-6-2-1-4-19(22)14-27-31(29,30)21-5-3-12-25-15-21;19-16-7-5-14(6-8-16)9-10-22-13-21-12-18(22)17-4-2-1-3-15(17)11-20;6-10(8,9)5-2-1-3-7-4-5/h1-10,12,15-17,27H,11,13-14H2;1-8,12-13H,9-11,20H2;1-4H. The van der Waals surface area contributed by atoms with Crippen molar-refractivity contribution in [3.05, 3.63) is 205 Å². The fourth-order valence-corrected chi connectivity index (χ4v) is 8.04. The van der Waals surface area contributed by atoms with Crippen molar-refractivity contribution in [2.75, 3.05) is 0 Å². The quantitative estimate of drug-likeness (QED) is 0.102. The lowest BCUT2D eigenvalue weighted by Gasteiger charge is -2.13. The van der Waals surface area contributed by atoms with Gasteiger partial charge in [0.05, 0.1) is 36.4 Å². The highest BCUT2D eigenvalue weighted by molar-refractivity contribution is 8.13. The van der Waals surface area contributed by atoms with Crippen molar-refractivity contribution in [3.63, 3.8) is 0 Å². The van der Waals surface area contributed by atoms with Crippen LogP contribution in [0.25, 0.3) is 22.5 Å². The van der Waals surface area contributed by atoms with Crippen LogP contribution in [0.4, 0.5) is 8.78 Å². The van der Waals surface area contributed by atoms with E-state index in [9.17, 15) is 25.6 Å². The zero-order chi connectivity index (χ0) is 44.7. The van der Waals surface area contributed by atoms with Crippen LogP contribution in [0.3, 0.4) is 0 Å². The van der Waals surface area contributed by atoms with Crippen molar-refractivity contribution < 1.29 is 25.6 Å². The Morgan fingerprint density at radius 1 is 0.556 bits per heavy atom. The predicted octanol–water partition coefficient (Wildman–Crippen LogP) is 8.21. The second-order valence-electron chi connectivity index (χ2n) is 13.9. The SMILES string of the molecule is NCc1ccccc1-c1cncn1CCc1ccc(F)cc1.O=S(=O)(Cl)c1cccnc1.O=S(=O)(NCc1ccccc1-c1cncn1CCc1ccc(F)cc1)c1cccnc1. The van der Waals surface area contributed by atoms with Crippen molar-refractivity contribution in [1.82, 2.24) is 33.8 Å². The number of nitrogens with two attached hydrogens (primary N) is 1. The molecular weight excluding hydrogens is 866 g/mol. The Labute approximate surface area is 369 Å². The normalized spacial score (nSPS) is 11.2. The Balaban J connectivity index is 0.000000178. The molecule has 17 heteroatoms. The van der Waals surface area contributed by atoms with E-state index in [1.54, 1.807) is 30.7 Å². The summed E-state index contributed by atoms with van der Waals surface area (Å²) in [5.41, 5.74) is 13.8. The molecule has 0 aliphatic heterocycles. The van der Waals surface area contributed by atoms with E-state index in [-0.39, 0.29) is 28.0 Å². The van der Waals surface area contributed by atoms with E-state index in [1.165, 1.54) is 67.3 Å². The lowest BCUT2D eigenvalue weighted by atomic mass is 10.0. The monoisotopic (exact) mass is 908 g/mol. The second kappa shape index (κ2) is 22.1. The lowest BCUT2D eigenvalue weighted by molar-refractivity contribution is 0.581. The van der Waals surface area contributed by atoms with Crippen LogP contribution in [0.1, 0.15) is 22.3 Å². The highest BCUT2D eigenvalue weighted by Gasteiger charge is 2.16. The number of hydrogen-bond donors (Lipinski definition) is 2. The zero-order valence-electron chi connectivity index (χ0n) is 33.8. The molecule has 0 bridgehead atoms. The smallest absolute Gasteiger partial charge is 0.262 e. The van der Waals surface area contributed by atoms with Crippen LogP contribution in [0.5, 0.6) is 0 Å². The van der Waals surface area contributed by atoms with Gasteiger partial charge in [-0.25, -0.2) is 40.3 Å². The van der Waals surface area contributed by atoms with Crippen LogP contribution in [0, 0.1) is 11.6 Å². The molecule has 0 fully saturated rings. The van der Waals surface area contributed by atoms with E-state index < -0.39 is 19.1 Å². The molecule has 8 aromatic rings. The van der Waals surface area contributed by atoms with Gasteiger partial charge >= 0.3 is 0 Å². The molecular formula is C46H43ClF2N8O4S2. The molecule has 0 saturated carbocycles. The maximum Gasteiger partial charge on any atom is 0.262 e. The van der Waals surface area contributed by atoms with Gasteiger partial charge < -0.3 is 14.9 Å². The maximum atomic E-state index is 13.1. The van der Waals surface area contributed by atoms with Crippen LogP contribution in [-0.4, -0.2) is 45.9 Å². The number of imidazole rings is 2. The third-order valence-corrected chi connectivity index (χ3v) is 12.4. The van der Waals surface area contributed by atoms with Gasteiger partial charge in [-0.15, -0.1) is 0 Å². The summed E-state index contributed by atoms with van der Waals surface area (Å²) in [6, 6.07) is 34.8. The minimum atomic E-state index is -3.67. The van der Waals surface area contributed by atoms with Gasteiger partial charge in [0.2, 0.25) is 10.0 Å². The molecule has 12 nitrogen and oxygen atoms in total. The van der Waals surface area contributed by atoms with Crippen molar-refractivity contribution in [2.45, 2.75) is 48.8 Å². The molecule has 4 aromatic carbocycles. The number of hydrogen-bond acceptors (Lipinski definition) is 9. The van der Waals surface area contributed by atoms with Crippen molar-refractivity contribution in [3.8, 4) is 22.5 Å². The Morgan fingerprint density at radius 2 is 1.02 bits per heavy atom. The summed E-state index contributed by atoms with van der Waals surface area (Å²) in [5, 5.41) is 0. The first-order chi connectivity index (χ1) is 30.4. The molecule has 3 N–H and O–H groups in total. The average Bonchev–Trinajstić information content (AvgIpc) is 3.99. The largest absolute Gasteiger partial charge is 0.330 e. The number of rotatable bonds is 14. The fraction of sp³-hybridized carbons (Fsp3) is 0.130. The van der Waals surface area contributed by atoms with Crippen LogP contribution in [0.2, 0.25) is 0 Å². The maximum absolute atomic E-state index is 13.1. The summed E-state index contributed by atoms with van der Waals surface area (Å²) in [6.45, 7) is 2.09. The first-order valence-electron chi connectivity index (χ1n) is 19.5. The fourth-order valence-electron chi connectivity index (χ4n) is 6.37. The van der Waals surface area contributed by atoms with Gasteiger partial charge in [0, 0.05) is 72.8 Å².